The third-order valence-electron chi connectivity index (χ3n) is 4.04. The standard InChI is InChI=1S/C19H14O6/c1-22-16-6-11(7-17(23-2)19(16)21)13-5-10-3-4-24-14-8-12(20)9-15(25-13)18(10)14/h3-9,21H,1-2H3. The Morgan fingerprint density at radius 2 is 1.64 bits per heavy atom. The predicted octanol–water partition coefficient (Wildman–Crippen LogP) is 3.93. The van der Waals surface area contributed by atoms with Crippen molar-refractivity contribution in [2.24, 2.45) is 0 Å². The van der Waals surface area contributed by atoms with Gasteiger partial charge in [-0.2, -0.15) is 0 Å². The number of phenolic OH excluding ortho intramolecular Hbond substituents is 1. The molecule has 0 spiro atoms. The zero-order valence-electron chi connectivity index (χ0n) is 13.5. The van der Waals surface area contributed by atoms with Gasteiger partial charge in [0.05, 0.1) is 25.9 Å². The number of hydrogen-bond acceptors (Lipinski definition) is 6. The third-order valence-corrected chi connectivity index (χ3v) is 4.04. The largest absolute Gasteiger partial charge is 0.502 e. The lowest BCUT2D eigenvalue weighted by atomic mass is 10.1. The average Bonchev–Trinajstić information content (AvgIpc) is 2.61. The van der Waals surface area contributed by atoms with Gasteiger partial charge in [0.15, 0.2) is 16.9 Å². The summed E-state index contributed by atoms with van der Waals surface area (Å²) in [7, 11) is 2.91. The van der Waals surface area contributed by atoms with Crippen molar-refractivity contribution < 1.29 is 23.4 Å². The Bertz CT molecular complexity index is 1130. The van der Waals surface area contributed by atoms with Crippen LogP contribution < -0.4 is 14.9 Å². The maximum atomic E-state index is 11.9. The molecule has 0 amide bonds. The second-order valence-electron chi connectivity index (χ2n) is 5.51. The minimum atomic E-state index is -0.203. The van der Waals surface area contributed by atoms with E-state index in [1.165, 1.54) is 32.6 Å². The van der Waals surface area contributed by atoms with Gasteiger partial charge in [-0.25, -0.2) is 0 Å². The predicted molar refractivity (Wildman–Crippen MR) is 92.5 cm³/mol. The minimum absolute atomic E-state index is 0.0895. The molecule has 25 heavy (non-hydrogen) atoms. The van der Waals surface area contributed by atoms with E-state index in [4.69, 9.17) is 18.3 Å². The van der Waals surface area contributed by atoms with Crippen molar-refractivity contribution in [3.05, 3.63) is 52.9 Å². The van der Waals surface area contributed by atoms with Gasteiger partial charge in [-0.05, 0) is 29.7 Å². The van der Waals surface area contributed by atoms with E-state index in [-0.39, 0.29) is 22.7 Å². The quantitative estimate of drug-likeness (QED) is 0.609. The van der Waals surface area contributed by atoms with Crippen LogP contribution in [0.15, 0.2) is 56.3 Å². The van der Waals surface area contributed by atoms with Gasteiger partial charge in [-0.1, -0.05) is 0 Å². The monoisotopic (exact) mass is 338 g/mol. The van der Waals surface area contributed by atoms with Crippen LogP contribution in [-0.4, -0.2) is 19.3 Å². The lowest BCUT2D eigenvalue weighted by Crippen LogP contribution is -1.97. The van der Waals surface area contributed by atoms with Gasteiger partial charge in [0.25, 0.3) is 0 Å². The van der Waals surface area contributed by atoms with Gasteiger partial charge < -0.3 is 23.4 Å². The molecule has 0 saturated heterocycles. The zero-order chi connectivity index (χ0) is 17.6. The topological polar surface area (TPSA) is 82.0 Å². The molecule has 0 aliphatic carbocycles. The lowest BCUT2D eigenvalue weighted by Gasteiger charge is -2.12. The molecular formula is C19H14O6. The Balaban J connectivity index is 2.04. The van der Waals surface area contributed by atoms with Crippen molar-refractivity contribution in [1.29, 1.82) is 0 Å². The number of ether oxygens (including phenoxy) is 2. The van der Waals surface area contributed by atoms with Crippen LogP contribution in [0.25, 0.3) is 33.3 Å². The van der Waals surface area contributed by atoms with E-state index in [2.05, 4.69) is 0 Å². The van der Waals surface area contributed by atoms with Gasteiger partial charge in [0.2, 0.25) is 5.75 Å². The van der Waals surface area contributed by atoms with Crippen LogP contribution in [0.4, 0.5) is 0 Å². The maximum Gasteiger partial charge on any atom is 0.200 e. The van der Waals surface area contributed by atoms with Crippen LogP contribution in [0.1, 0.15) is 0 Å². The zero-order valence-corrected chi connectivity index (χ0v) is 13.5. The SMILES string of the molecule is COc1cc(-c2cc3ccoc4cc(=O)cc(o2)c34)cc(OC)c1O. The summed E-state index contributed by atoms with van der Waals surface area (Å²) < 4.78 is 21.7. The fourth-order valence-corrected chi connectivity index (χ4v) is 2.88. The molecule has 1 N–H and O–H groups in total. The summed E-state index contributed by atoms with van der Waals surface area (Å²) in [5.41, 5.74) is 1.33. The van der Waals surface area contributed by atoms with E-state index in [1.54, 1.807) is 18.2 Å². The number of aromatic hydroxyl groups is 1. The Morgan fingerprint density at radius 3 is 2.32 bits per heavy atom. The van der Waals surface area contributed by atoms with Crippen molar-refractivity contribution in [2.75, 3.05) is 14.2 Å². The Kier molecular flexibility index (Phi) is 3.39. The summed E-state index contributed by atoms with van der Waals surface area (Å²) in [5.74, 6) is 0.932. The highest BCUT2D eigenvalue weighted by molar-refractivity contribution is 6.05. The van der Waals surface area contributed by atoms with Gasteiger partial charge in [-0.3, -0.25) is 4.79 Å². The smallest absolute Gasteiger partial charge is 0.200 e. The molecule has 0 saturated carbocycles. The number of hydrogen-bond donors (Lipinski definition) is 1. The number of rotatable bonds is 3. The highest BCUT2D eigenvalue weighted by Gasteiger charge is 2.16. The molecule has 0 aliphatic rings. The van der Waals surface area contributed by atoms with E-state index < -0.39 is 0 Å². The van der Waals surface area contributed by atoms with Crippen LogP contribution in [0, 0.1) is 0 Å². The molecule has 2 aromatic carbocycles. The van der Waals surface area contributed by atoms with E-state index in [1.807, 2.05) is 6.07 Å². The fraction of sp³-hybridized carbons (Fsp3) is 0.105. The molecular weight excluding hydrogens is 324 g/mol. The highest BCUT2D eigenvalue weighted by atomic mass is 16.5. The van der Waals surface area contributed by atoms with E-state index in [9.17, 15) is 9.90 Å². The third kappa shape index (κ3) is 2.39. The average molecular weight is 338 g/mol. The molecule has 2 aromatic heterocycles. The minimum Gasteiger partial charge on any atom is -0.502 e. The van der Waals surface area contributed by atoms with E-state index in [0.717, 1.165) is 10.8 Å². The van der Waals surface area contributed by atoms with Gasteiger partial charge in [-0.15, -0.1) is 0 Å². The normalized spacial score (nSPS) is 11.1. The first kappa shape index (κ1) is 15.1. The second-order valence-corrected chi connectivity index (χ2v) is 5.51. The second kappa shape index (κ2) is 5.59. The summed E-state index contributed by atoms with van der Waals surface area (Å²) in [4.78, 5) is 11.9. The molecule has 0 unspecified atom stereocenters. The van der Waals surface area contributed by atoms with E-state index >= 15 is 0 Å². The Hall–Kier alpha value is -3.41. The molecule has 6 nitrogen and oxygen atoms in total. The molecule has 126 valence electrons. The summed E-state index contributed by atoms with van der Waals surface area (Å²) >= 11 is 0. The van der Waals surface area contributed by atoms with Crippen molar-refractivity contribution in [1.82, 2.24) is 0 Å². The number of benzene rings is 2. The van der Waals surface area contributed by atoms with Crippen molar-refractivity contribution >= 4 is 21.9 Å². The van der Waals surface area contributed by atoms with Crippen molar-refractivity contribution in [3.8, 4) is 28.6 Å². The van der Waals surface area contributed by atoms with E-state index in [0.29, 0.717) is 22.5 Å². The first-order chi connectivity index (χ1) is 12.1. The molecule has 0 bridgehead atoms. The summed E-state index contributed by atoms with van der Waals surface area (Å²) in [5, 5.41) is 11.7. The van der Waals surface area contributed by atoms with Crippen LogP contribution in [0.3, 0.4) is 0 Å². The molecule has 0 radical (unpaired) electrons. The summed E-state index contributed by atoms with van der Waals surface area (Å²) in [6, 6.07) is 9.76. The van der Waals surface area contributed by atoms with Crippen LogP contribution in [0.2, 0.25) is 0 Å². The Morgan fingerprint density at radius 1 is 0.960 bits per heavy atom. The van der Waals surface area contributed by atoms with Crippen LogP contribution in [-0.2, 0) is 0 Å². The molecule has 0 atom stereocenters. The maximum absolute atomic E-state index is 11.9. The van der Waals surface area contributed by atoms with Crippen molar-refractivity contribution in [3.63, 3.8) is 0 Å². The van der Waals surface area contributed by atoms with Gasteiger partial charge in [0.1, 0.15) is 16.9 Å². The molecule has 0 aliphatic heterocycles. The van der Waals surface area contributed by atoms with Gasteiger partial charge >= 0.3 is 0 Å². The van der Waals surface area contributed by atoms with Crippen LogP contribution in [0.5, 0.6) is 17.2 Å². The molecule has 6 heteroatoms. The summed E-state index contributed by atoms with van der Waals surface area (Å²) in [6.07, 6.45) is 1.53. The number of phenols is 1. The lowest BCUT2D eigenvalue weighted by molar-refractivity contribution is 0.340. The van der Waals surface area contributed by atoms with Gasteiger partial charge in [0, 0.05) is 17.7 Å². The van der Waals surface area contributed by atoms with Crippen LogP contribution >= 0.6 is 0 Å². The van der Waals surface area contributed by atoms with Crippen molar-refractivity contribution in [2.45, 2.75) is 0 Å². The molecule has 2 heterocycles. The first-order valence-electron chi connectivity index (χ1n) is 7.51. The summed E-state index contributed by atoms with van der Waals surface area (Å²) in [6.45, 7) is 0. The number of methoxy groups -OCH3 is 2. The molecule has 4 rings (SSSR count). The Labute approximate surface area is 141 Å². The highest BCUT2D eigenvalue weighted by Crippen LogP contribution is 2.41. The fourth-order valence-electron chi connectivity index (χ4n) is 2.88. The molecule has 0 fully saturated rings. The molecule has 4 aromatic rings. The first-order valence-corrected chi connectivity index (χ1v) is 7.51.